The summed E-state index contributed by atoms with van der Waals surface area (Å²) in [4.78, 5) is 24.3. The standard InChI is InChI=1S/C22H14Cl2F2N4O2/c23-17-3-1-5-19(25)15(17)11-27-29-21(31)13-7-9-14(10-8-13)22(32)30-28-12-16-18(24)4-2-6-20(16)26/h1-12H,(H,29,31)(H,30,32)/b27-11+,28-12+. The van der Waals surface area contributed by atoms with Crippen molar-refractivity contribution in [2.45, 2.75) is 0 Å². The van der Waals surface area contributed by atoms with E-state index < -0.39 is 23.4 Å². The lowest BCUT2D eigenvalue weighted by Gasteiger charge is -2.04. The zero-order valence-electron chi connectivity index (χ0n) is 16.2. The van der Waals surface area contributed by atoms with Crippen LogP contribution in [0.5, 0.6) is 0 Å². The molecule has 0 atom stereocenters. The first-order valence-corrected chi connectivity index (χ1v) is 9.77. The predicted octanol–water partition coefficient (Wildman–Crippen LogP) is 4.80. The average Bonchev–Trinajstić information content (AvgIpc) is 2.77. The summed E-state index contributed by atoms with van der Waals surface area (Å²) in [5.41, 5.74) is 4.99. The topological polar surface area (TPSA) is 82.9 Å². The van der Waals surface area contributed by atoms with Crippen LogP contribution >= 0.6 is 23.2 Å². The molecule has 3 aromatic carbocycles. The maximum Gasteiger partial charge on any atom is 0.271 e. The number of nitrogens with zero attached hydrogens (tertiary/aromatic N) is 2. The molecule has 32 heavy (non-hydrogen) atoms. The molecule has 10 heteroatoms. The summed E-state index contributed by atoms with van der Waals surface area (Å²) in [6.07, 6.45) is 2.19. The van der Waals surface area contributed by atoms with E-state index >= 15 is 0 Å². The van der Waals surface area contributed by atoms with Gasteiger partial charge in [0.1, 0.15) is 11.6 Å². The summed E-state index contributed by atoms with van der Waals surface area (Å²) in [5, 5.41) is 7.69. The fourth-order valence-corrected chi connectivity index (χ4v) is 2.90. The fraction of sp³-hybridized carbons (Fsp3) is 0. The molecule has 0 aromatic heterocycles. The molecule has 0 aliphatic heterocycles. The zero-order chi connectivity index (χ0) is 23.1. The van der Waals surface area contributed by atoms with Gasteiger partial charge in [-0.05, 0) is 48.5 Å². The minimum atomic E-state index is -0.578. The van der Waals surface area contributed by atoms with Gasteiger partial charge in [-0.3, -0.25) is 9.59 Å². The minimum absolute atomic E-state index is 0.0405. The Balaban J connectivity index is 1.59. The molecule has 3 aromatic rings. The van der Waals surface area contributed by atoms with Crippen LogP contribution in [0.3, 0.4) is 0 Å². The highest BCUT2D eigenvalue weighted by Gasteiger charge is 2.09. The fourth-order valence-electron chi connectivity index (χ4n) is 2.48. The van der Waals surface area contributed by atoms with Crippen molar-refractivity contribution < 1.29 is 18.4 Å². The summed E-state index contributed by atoms with van der Waals surface area (Å²) in [6, 6.07) is 13.9. The van der Waals surface area contributed by atoms with E-state index in [-0.39, 0.29) is 32.3 Å². The number of carbonyl (C=O) groups excluding carboxylic acids is 2. The van der Waals surface area contributed by atoms with Crippen molar-refractivity contribution >= 4 is 47.4 Å². The van der Waals surface area contributed by atoms with Crippen LogP contribution < -0.4 is 10.9 Å². The Morgan fingerprint density at radius 1 is 0.688 bits per heavy atom. The Labute approximate surface area is 191 Å². The van der Waals surface area contributed by atoms with Crippen molar-refractivity contribution in [2.75, 3.05) is 0 Å². The summed E-state index contributed by atoms with van der Waals surface area (Å²) >= 11 is 11.8. The van der Waals surface area contributed by atoms with E-state index in [9.17, 15) is 18.4 Å². The molecular formula is C22H14Cl2F2N4O2. The van der Waals surface area contributed by atoms with E-state index in [1.165, 1.54) is 60.7 Å². The maximum atomic E-state index is 13.7. The highest BCUT2D eigenvalue weighted by atomic mass is 35.5. The molecule has 0 saturated heterocycles. The molecule has 3 rings (SSSR count). The number of hydrogen-bond acceptors (Lipinski definition) is 4. The van der Waals surface area contributed by atoms with E-state index in [0.29, 0.717) is 0 Å². The lowest BCUT2D eigenvalue weighted by molar-refractivity contribution is 0.0943. The van der Waals surface area contributed by atoms with Crippen molar-refractivity contribution in [1.29, 1.82) is 0 Å². The Bertz CT molecular complexity index is 1080. The van der Waals surface area contributed by atoms with Gasteiger partial charge in [0.25, 0.3) is 11.8 Å². The van der Waals surface area contributed by atoms with Gasteiger partial charge in [-0.25, -0.2) is 19.6 Å². The lowest BCUT2D eigenvalue weighted by Crippen LogP contribution is -2.20. The van der Waals surface area contributed by atoms with Crippen LogP contribution in [0.15, 0.2) is 70.9 Å². The van der Waals surface area contributed by atoms with Gasteiger partial charge in [-0.15, -0.1) is 0 Å². The van der Waals surface area contributed by atoms with Crippen LogP contribution in [-0.2, 0) is 0 Å². The van der Waals surface area contributed by atoms with Gasteiger partial charge in [-0.2, -0.15) is 10.2 Å². The van der Waals surface area contributed by atoms with Gasteiger partial charge in [0.05, 0.1) is 22.5 Å². The largest absolute Gasteiger partial charge is 0.271 e. The molecule has 2 amide bonds. The van der Waals surface area contributed by atoms with Gasteiger partial charge in [0.15, 0.2) is 0 Å². The summed E-state index contributed by atoms with van der Waals surface area (Å²) in [7, 11) is 0. The Hall–Kier alpha value is -3.62. The number of amides is 2. The number of nitrogens with one attached hydrogen (secondary N) is 2. The quantitative estimate of drug-likeness (QED) is 0.397. The van der Waals surface area contributed by atoms with Crippen LogP contribution in [0.25, 0.3) is 0 Å². The molecule has 0 spiro atoms. The van der Waals surface area contributed by atoms with E-state index in [0.717, 1.165) is 12.4 Å². The third-order valence-corrected chi connectivity index (χ3v) is 4.79. The monoisotopic (exact) mass is 474 g/mol. The van der Waals surface area contributed by atoms with Crippen LogP contribution in [0.1, 0.15) is 31.8 Å². The molecule has 0 bridgehead atoms. The van der Waals surface area contributed by atoms with Crippen molar-refractivity contribution in [1.82, 2.24) is 10.9 Å². The third kappa shape index (κ3) is 5.75. The van der Waals surface area contributed by atoms with Crippen molar-refractivity contribution in [3.63, 3.8) is 0 Å². The molecule has 0 saturated carbocycles. The second-order valence-corrected chi connectivity index (χ2v) is 7.06. The molecule has 0 aliphatic carbocycles. The van der Waals surface area contributed by atoms with Crippen LogP contribution in [0.2, 0.25) is 10.0 Å². The number of benzene rings is 3. The Morgan fingerprint density at radius 2 is 1.06 bits per heavy atom. The van der Waals surface area contributed by atoms with Crippen molar-refractivity contribution in [2.24, 2.45) is 10.2 Å². The Morgan fingerprint density at radius 3 is 1.41 bits per heavy atom. The van der Waals surface area contributed by atoms with Gasteiger partial charge < -0.3 is 0 Å². The second kappa shape index (κ2) is 10.6. The Kier molecular flexibility index (Phi) is 7.64. The normalized spacial score (nSPS) is 11.1. The first-order chi connectivity index (χ1) is 15.4. The molecule has 0 fully saturated rings. The number of hydrazone groups is 2. The van der Waals surface area contributed by atoms with Gasteiger partial charge >= 0.3 is 0 Å². The van der Waals surface area contributed by atoms with E-state index in [2.05, 4.69) is 21.1 Å². The predicted molar refractivity (Wildman–Crippen MR) is 119 cm³/mol. The average molecular weight is 475 g/mol. The number of carbonyl (C=O) groups is 2. The smallest absolute Gasteiger partial charge is 0.267 e. The summed E-state index contributed by atoms with van der Waals surface area (Å²) in [6.45, 7) is 0. The first-order valence-electron chi connectivity index (χ1n) is 9.01. The number of halogens is 4. The zero-order valence-corrected chi connectivity index (χ0v) is 17.7. The molecule has 2 N–H and O–H groups in total. The van der Waals surface area contributed by atoms with Crippen LogP contribution in [0.4, 0.5) is 8.78 Å². The number of rotatable bonds is 6. The highest BCUT2D eigenvalue weighted by Crippen LogP contribution is 2.17. The molecule has 162 valence electrons. The summed E-state index contributed by atoms with van der Waals surface area (Å²) < 4.78 is 27.4. The van der Waals surface area contributed by atoms with Crippen molar-refractivity contribution in [3.8, 4) is 0 Å². The van der Waals surface area contributed by atoms with E-state index in [4.69, 9.17) is 23.2 Å². The molecular weight excluding hydrogens is 461 g/mol. The third-order valence-electron chi connectivity index (χ3n) is 4.13. The minimum Gasteiger partial charge on any atom is -0.267 e. The first kappa shape index (κ1) is 23.1. The molecule has 0 aliphatic rings. The lowest BCUT2D eigenvalue weighted by atomic mass is 10.1. The van der Waals surface area contributed by atoms with Crippen LogP contribution in [-0.4, -0.2) is 24.2 Å². The SMILES string of the molecule is O=C(N/N=C/c1c(F)cccc1Cl)c1ccc(C(=O)N/N=C/c2c(F)cccc2Cl)cc1. The van der Waals surface area contributed by atoms with Crippen molar-refractivity contribution in [3.05, 3.63) is 105 Å². The maximum absolute atomic E-state index is 13.7. The van der Waals surface area contributed by atoms with Gasteiger partial charge in [0, 0.05) is 22.3 Å². The van der Waals surface area contributed by atoms with Gasteiger partial charge in [0.2, 0.25) is 0 Å². The molecule has 0 radical (unpaired) electrons. The summed E-state index contributed by atoms with van der Waals surface area (Å²) in [5.74, 6) is -2.31. The molecule has 6 nitrogen and oxygen atoms in total. The van der Waals surface area contributed by atoms with Crippen LogP contribution in [0, 0.1) is 11.6 Å². The van der Waals surface area contributed by atoms with E-state index in [1.807, 2.05) is 0 Å². The molecule has 0 unspecified atom stereocenters. The number of hydrogen-bond donors (Lipinski definition) is 2. The van der Waals surface area contributed by atoms with Gasteiger partial charge in [-0.1, -0.05) is 35.3 Å². The van der Waals surface area contributed by atoms with E-state index in [1.54, 1.807) is 0 Å². The molecule has 0 heterocycles. The highest BCUT2D eigenvalue weighted by molar-refractivity contribution is 6.33. The second-order valence-electron chi connectivity index (χ2n) is 6.25.